The Bertz CT molecular complexity index is 559. The quantitative estimate of drug-likeness (QED) is 0.853. The van der Waals surface area contributed by atoms with E-state index in [1.54, 1.807) is 6.07 Å². The molecule has 5 heteroatoms. The number of thiophene rings is 1. The predicted molar refractivity (Wildman–Crippen MR) is 74.4 cm³/mol. The van der Waals surface area contributed by atoms with E-state index in [4.69, 9.17) is 4.42 Å². The molecule has 0 aromatic carbocycles. The fourth-order valence-electron chi connectivity index (χ4n) is 1.72. The first kappa shape index (κ1) is 13.8. The zero-order chi connectivity index (χ0) is 13.8. The van der Waals surface area contributed by atoms with Crippen LogP contribution in [0.2, 0.25) is 0 Å². The van der Waals surface area contributed by atoms with Crippen molar-refractivity contribution in [1.29, 1.82) is 0 Å². The molecule has 0 radical (unpaired) electrons. The fraction of sp³-hybridized carbons (Fsp3) is 0.357. The summed E-state index contributed by atoms with van der Waals surface area (Å²) in [6.07, 6.45) is 0. The smallest absolute Gasteiger partial charge is 0.348 e. The monoisotopic (exact) mass is 279 g/mol. The van der Waals surface area contributed by atoms with E-state index in [9.17, 15) is 4.79 Å². The number of carbonyl (C=O) groups excluding carboxylic acids is 1. The van der Waals surface area contributed by atoms with Crippen LogP contribution in [-0.2, 0) is 11.3 Å². The van der Waals surface area contributed by atoms with Crippen molar-refractivity contribution in [3.8, 4) is 0 Å². The lowest BCUT2D eigenvalue weighted by Gasteiger charge is -2.10. The predicted octanol–water partition coefficient (Wildman–Crippen LogP) is 3.29. The molecule has 0 unspecified atom stereocenters. The lowest BCUT2D eigenvalue weighted by Crippen LogP contribution is -2.16. The number of furan rings is 1. The first-order valence-corrected chi connectivity index (χ1v) is 6.88. The molecule has 0 saturated heterocycles. The minimum Gasteiger partial charge on any atom is -0.465 e. The van der Waals surface area contributed by atoms with Gasteiger partial charge in [0.05, 0.1) is 13.2 Å². The molecule has 0 saturated carbocycles. The van der Waals surface area contributed by atoms with Crippen LogP contribution in [0.1, 0.15) is 39.0 Å². The lowest BCUT2D eigenvalue weighted by molar-refractivity contribution is 0.0606. The number of hydrogen-bond acceptors (Lipinski definition) is 5. The van der Waals surface area contributed by atoms with Crippen molar-refractivity contribution < 1.29 is 13.9 Å². The molecule has 0 aliphatic heterocycles. The van der Waals surface area contributed by atoms with Crippen LogP contribution in [0.15, 0.2) is 28.7 Å². The van der Waals surface area contributed by atoms with E-state index < -0.39 is 0 Å². The number of esters is 1. The molecule has 2 aromatic heterocycles. The Balaban J connectivity index is 1.91. The van der Waals surface area contributed by atoms with Crippen LogP contribution < -0.4 is 5.32 Å². The van der Waals surface area contributed by atoms with Gasteiger partial charge in [-0.1, -0.05) is 0 Å². The van der Waals surface area contributed by atoms with Gasteiger partial charge in [0.1, 0.15) is 16.4 Å². The number of nitrogens with one attached hydrogen (secondary N) is 1. The Morgan fingerprint density at radius 1 is 1.42 bits per heavy atom. The topological polar surface area (TPSA) is 51.5 Å². The largest absolute Gasteiger partial charge is 0.465 e. The number of rotatable bonds is 5. The van der Waals surface area contributed by atoms with E-state index in [0.717, 1.165) is 16.4 Å². The van der Waals surface area contributed by atoms with Crippen LogP contribution in [0.25, 0.3) is 0 Å². The van der Waals surface area contributed by atoms with Crippen LogP contribution in [0.4, 0.5) is 0 Å². The molecule has 2 rings (SSSR count). The standard InChI is InChI=1S/C14H17NO3S/c1-9-4-6-12(18-9)10(2)15-8-11-5-7-13(19-11)14(16)17-3/h4-7,10,15H,8H2,1-3H3/t10-/m1/s1. The Labute approximate surface area is 116 Å². The van der Waals surface area contributed by atoms with Gasteiger partial charge in [-0.2, -0.15) is 0 Å². The highest BCUT2D eigenvalue weighted by Gasteiger charge is 2.11. The van der Waals surface area contributed by atoms with Gasteiger partial charge in [-0.3, -0.25) is 0 Å². The summed E-state index contributed by atoms with van der Waals surface area (Å²) in [6, 6.07) is 7.78. The normalized spacial score (nSPS) is 12.4. The van der Waals surface area contributed by atoms with E-state index in [1.807, 2.05) is 32.0 Å². The summed E-state index contributed by atoms with van der Waals surface area (Å²) >= 11 is 1.44. The third kappa shape index (κ3) is 3.45. The molecule has 1 N–H and O–H groups in total. The number of aryl methyl sites for hydroxylation is 1. The SMILES string of the molecule is COC(=O)c1ccc(CN[C@H](C)c2ccc(C)o2)s1. The molecule has 0 spiro atoms. The van der Waals surface area contributed by atoms with Gasteiger partial charge in [-0.25, -0.2) is 4.79 Å². The summed E-state index contributed by atoms with van der Waals surface area (Å²) < 4.78 is 10.2. The Kier molecular flexibility index (Phi) is 4.39. The molecule has 0 aliphatic carbocycles. The number of ether oxygens (including phenoxy) is 1. The third-order valence-electron chi connectivity index (χ3n) is 2.82. The van der Waals surface area contributed by atoms with Crippen molar-refractivity contribution in [3.05, 3.63) is 45.5 Å². The highest BCUT2D eigenvalue weighted by Crippen LogP contribution is 2.20. The van der Waals surface area contributed by atoms with Crippen molar-refractivity contribution >= 4 is 17.3 Å². The van der Waals surface area contributed by atoms with Crippen LogP contribution in [0.5, 0.6) is 0 Å². The number of hydrogen-bond donors (Lipinski definition) is 1. The summed E-state index contributed by atoms with van der Waals surface area (Å²) in [7, 11) is 1.39. The molecule has 0 fully saturated rings. The zero-order valence-corrected chi connectivity index (χ0v) is 12.0. The van der Waals surface area contributed by atoms with Crippen LogP contribution in [0, 0.1) is 6.92 Å². The molecule has 0 amide bonds. The van der Waals surface area contributed by atoms with Gasteiger partial charge in [-0.05, 0) is 38.1 Å². The van der Waals surface area contributed by atoms with Crippen LogP contribution in [-0.4, -0.2) is 13.1 Å². The Hall–Kier alpha value is -1.59. The van der Waals surface area contributed by atoms with Crippen LogP contribution >= 0.6 is 11.3 Å². The molecule has 4 nitrogen and oxygen atoms in total. The van der Waals surface area contributed by atoms with Crippen molar-refractivity contribution in [2.24, 2.45) is 0 Å². The second kappa shape index (κ2) is 6.04. The average Bonchev–Trinajstić information content (AvgIpc) is 3.04. The summed E-state index contributed by atoms with van der Waals surface area (Å²) in [4.78, 5) is 13.1. The van der Waals surface area contributed by atoms with Gasteiger partial charge >= 0.3 is 5.97 Å². The highest BCUT2D eigenvalue weighted by molar-refractivity contribution is 7.13. The lowest BCUT2D eigenvalue weighted by atomic mass is 10.2. The minimum atomic E-state index is -0.286. The first-order chi connectivity index (χ1) is 9.10. The maximum atomic E-state index is 11.3. The minimum absolute atomic E-state index is 0.136. The van der Waals surface area contributed by atoms with E-state index >= 15 is 0 Å². The number of carbonyl (C=O) groups is 1. The summed E-state index contributed by atoms with van der Waals surface area (Å²) in [6.45, 7) is 4.67. The fourth-order valence-corrected chi connectivity index (χ4v) is 2.60. The summed E-state index contributed by atoms with van der Waals surface area (Å²) in [5, 5.41) is 3.36. The van der Waals surface area contributed by atoms with Crippen molar-refractivity contribution in [2.75, 3.05) is 7.11 Å². The van der Waals surface area contributed by atoms with Gasteiger partial charge in [0.2, 0.25) is 0 Å². The van der Waals surface area contributed by atoms with E-state index in [1.165, 1.54) is 18.4 Å². The van der Waals surface area contributed by atoms with Gasteiger partial charge < -0.3 is 14.5 Å². The summed E-state index contributed by atoms with van der Waals surface area (Å²) in [5.41, 5.74) is 0. The molecular weight excluding hydrogens is 262 g/mol. The second-order valence-electron chi connectivity index (χ2n) is 4.31. The molecular formula is C14H17NO3S. The molecule has 19 heavy (non-hydrogen) atoms. The Morgan fingerprint density at radius 3 is 2.84 bits per heavy atom. The maximum absolute atomic E-state index is 11.3. The van der Waals surface area contributed by atoms with Gasteiger partial charge in [0.25, 0.3) is 0 Å². The van der Waals surface area contributed by atoms with E-state index in [0.29, 0.717) is 11.4 Å². The average molecular weight is 279 g/mol. The van der Waals surface area contributed by atoms with Gasteiger partial charge in [0.15, 0.2) is 0 Å². The molecule has 1 atom stereocenters. The Morgan fingerprint density at radius 2 is 2.21 bits per heavy atom. The van der Waals surface area contributed by atoms with E-state index in [2.05, 4.69) is 10.1 Å². The zero-order valence-electron chi connectivity index (χ0n) is 11.2. The molecule has 0 bridgehead atoms. The first-order valence-electron chi connectivity index (χ1n) is 6.07. The van der Waals surface area contributed by atoms with Crippen molar-refractivity contribution in [1.82, 2.24) is 5.32 Å². The second-order valence-corrected chi connectivity index (χ2v) is 5.48. The maximum Gasteiger partial charge on any atom is 0.348 e. The third-order valence-corrected chi connectivity index (χ3v) is 3.88. The van der Waals surface area contributed by atoms with Crippen molar-refractivity contribution in [3.63, 3.8) is 0 Å². The molecule has 0 aliphatic rings. The molecule has 2 heterocycles. The molecule has 102 valence electrons. The highest BCUT2D eigenvalue weighted by atomic mass is 32.1. The van der Waals surface area contributed by atoms with E-state index in [-0.39, 0.29) is 12.0 Å². The number of methoxy groups -OCH3 is 1. The summed E-state index contributed by atoms with van der Waals surface area (Å²) in [5.74, 6) is 1.54. The van der Waals surface area contributed by atoms with Gasteiger partial charge in [0, 0.05) is 11.4 Å². The van der Waals surface area contributed by atoms with Crippen LogP contribution in [0.3, 0.4) is 0 Å². The van der Waals surface area contributed by atoms with Gasteiger partial charge in [-0.15, -0.1) is 11.3 Å². The van der Waals surface area contributed by atoms with Crippen molar-refractivity contribution in [2.45, 2.75) is 26.4 Å². The molecule has 2 aromatic rings.